The fraction of sp³-hybridized carbons (Fsp3) is 0.0833. The van der Waals surface area contributed by atoms with Gasteiger partial charge in [0.15, 0.2) is 0 Å². The Morgan fingerprint density at radius 3 is 2.80 bits per heavy atom. The van der Waals surface area contributed by atoms with Crippen LogP contribution < -0.4 is 4.72 Å². The summed E-state index contributed by atoms with van der Waals surface area (Å²) >= 11 is 8.91. The van der Waals surface area contributed by atoms with E-state index < -0.39 is 15.8 Å². The summed E-state index contributed by atoms with van der Waals surface area (Å²) in [5, 5.41) is -0.125. The summed E-state index contributed by atoms with van der Waals surface area (Å²) in [6, 6.07) is 7.01. The van der Waals surface area contributed by atoms with Crippen molar-refractivity contribution in [3.05, 3.63) is 57.5 Å². The van der Waals surface area contributed by atoms with E-state index in [1.807, 2.05) is 0 Å². The van der Waals surface area contributed by atoms with Gasteiger partial charge in [0.05, 0.1) is 0 Å². The van der Waals surface area contributed by atoms with Crippen LogP contribution in [0.1, 0.15) is 5.56 Å². The number of nitrogens with zero attached hydrogens (tertiary/aromatic N) is 1. The number of hydrogen-bond donors (Lipinski definition) is 1. The molecular weight excluding hydrogens is 371 g/mol. The zero-order chi connectivity index (χ0) is 14.8. The molecule has 0 bridgehead atoms. The second-order valence-corrected chi connectivity index (χ2v) is 6.91. The number of sulfonamides is 1. The highest BCUT2D eigenvalue weighted by Crippen LogP contribution is 2.22. The second kappa shape index (κ2) is 6.17. The number of halogens is 3. The van der Waals surface area contributed by atoms with Crippen LogP contribution in [0.5, 0.6) is 0 Å². The number of pyridine rings is 1. The van der Waals surface area contributed by atoms with Crippen LogP contribution in [0.2, 0.25) is 5.15 Å². The summed E-state index contributed by atoms with van der Waals surface area (Å²) in [5.41, 5.74) is 0.507. The molecular formula is C12H9BrClFN2O2S. The smallest absolute Gasteiger partial charge is 0.242 e. The average molecular weight is 380 g/mol. The van der Waals surface area contributed by atoms with E-state index in [0.717, 1.165) is 0 Å². The molecule has 0 aliphatic heterocycles. The van der Waals surface area contributed by atoms with Gasteiger partial charge in [0.25, 0.3) is 0 Å². The molecule has 2 rings (SSSR count). The lowest BCUT2D eigenvalue weighted by Gasteiger charge is -2.08. The topological polar surface area (TPSA) is 59.1 Å². The van der Waals surface area contributed by atoms with Crippen molar-refractivity contribution in [2.45, 2.75) is 11.4 Å². The highest BCUT2D eigenvalue weighted by atomic mass is 79.9. The van der Waals surface area contributed by atoms with Crippen LogP contribution in [0, 0.1) is 5.82 Å². The highest BCUT2D eigenvalue weighted by molar-refractivity contribution is 9.10. The zero-order valence-corrected chi connectivity index (χ0v) is 13.1. The molecule has 8 heteroatoms. The number of aromatic nitrogens is 1. The van der Waals surface area contributed by atoms with E-state index in [-0.39, 0.29) is 16.6 Å². The maximum atomic E-state index is 13.0. The first-order valence-corrected chi connectivity index (χ1v) is 8.09. The molecule has 0 spiro atoms. The van der Waals surface area contributed by atoms with Gasteiger partial charge in [-0.2, -0.15) is 0 Å². The van der Waals surface area contributed by atoms with E-state index in [9.17, 15) is 12.8 Å². The molecule has 0 aliphatic rings. The minimum absolute atomic E-state index is 0.0388. The lowest BCUT2D eigenvalue weighted by Crippen LogP contribution is -2.23. The van der Waals surface area contributed by atoms with Crippen LogP contribution in [0.4, 0.5) is 4.39 Å². The van der Waals surface area contributed by atoms with Gasteiger partial charge in [-0.3, -0.25) is 0 Å². The third kappa shape index (κ3) is 3.76. The summed E-state index contributed by atoms with van der Waals surface area (Å²) < 4.78 is 40.1. The Balaban J connectivity index is 2.21. The number of benzene rings is 1. The van der Waals surface area contributed by atoms with Gasteiger partial charge >= 0.3 is 0 Å². The van der Waals surface area contributed by atoms with E-state index >= 15 is 0 Å². The molecule has 0 unspecified atom stereocenters. The molecule has 4 nitrogen and oxygen atoms in total. The van der Waals surface area contributed by atoms with Gasteiger partial charge in [0.1, 0.15) is 15.9 Å². The van der Waals surface area contributed by atoms with E-state index in [0.29, 0.717) is 10.0 Å². The fourth-order valence-corrected chi connectivity index (χ4v) is 3.46. The van der Waals surface area contributed by atoms with Crippen molar-refractivity contribution in [1.82, 2.24) is 9.71 Å². The first-order chi connectivity index (χ1) is 9.38. The minimum Gasteiger partial charge on any atom is -0.242 e. The van der Waals surface area contributed by atoms with Crippen molar-refractivity contribution in [3.63, 3.8) is 0 Å². The Bertz CT molecular complexity index is 740. The number of hydrogen-bond acceptors (Lipinski definition) is 3. The van der Waals surface area contributed by atoms with Gasteiger partial charge in [-0.1, -0.05) is 23.7 Å². The molecule has 106 valence electrons. The Kier molecular flexibility index (Phi) is 4.74. The molecule has 0 amide bonds. The van der Waals surface area contributed by atoms with E-state index in [2.05, 4.69) is 25.6 Å². The molecule has 1 aromatic heterocycles. The molecule has 1 N–H and O–H groups in total. The van der Waals surface area contributed by atoms with Crippen LogP contribution in [-0.2, 0) is 16.6 Å². The molecule has 0 fully saturated rings. The van der Waals surface area contributed by atoms with Gasteiger partial charge in [0, 0.05) is 17.2 Å². The van der Waals surface area contributed by atoms with E-state index in [4.69, 9.17) is 11.6 Å². The predicted molar refractivity (Wildman–Crippen MR) is 77.4 cm³/mol. The molecule has 0 radical (unpaired) electrons. The maximum absolute atomic E-state index is 13.0. The summed E-state index contributed by atoms with van der Waals surface area (Å²) in [7, 11) is -3.82. The first-order valence-electron chi connectivity index (χ1n) is 5.43. The van der Waals surface area contributed by atoms with Crippen molar-refractivity contribution in [1.29, 1.82) is 0 Å². The SMILES string of the molecule is O=S(=O)(NCc1cccc(F)c1)c1cc(Br)cnc1Cl. The Morgan fingerprint density at radius 2 is 2.10 bits per heavy atom. The maximum Gasteiger partial charge on any atom is 0.243 e. The van der Waals surface area contributed by atoms with Crippen LogP contribution >= 0.6 is 27.5 Å². The van der Waals surface area contributed by atoms with Crippen LogP contribution in [0.3, 0.4) is 0 Å². The molecule has 1 heterocycles. The van der Waals surface area contributed by atoms with Gasteiger partial charge in [-0.25, -0.2) is 22.5 Å². The quantitative estimate of drug-likeness (QED) is 0.830. The Labute approximate surface area is 129 Å². The summed E-state index contributed by atoms with van der Waals surface area (Å²) in [6.45, 7) is -0.0388. The van der Waals surface area contributed by atoms with Crippen LogP contribution in [-0.4, -0.2) is 13.4 Å². The second-order valence-electron chi connectivity index (χ2n) is 3.90. The molecule has 20 heavy (non-hydrogen) atoms. The molecule has 2 aromatic rings. The minimum atomic E-state index is -3.82. The van der Waals surface area contributed by atoms with Gasteiger partial charge < -0.3 is 0 Å². The third-order valence-corrected chi connectivity index (χ3v) is 4.68. The molecule has 0 saturated carbocycles. The van der Waals surface area contributed by atoms with Gasteiger partial charge in [0.2, 0.25) is 10.0 Å². The van der Waals surface area contributed by atoms with Crippen molar-refractivity contribution in [2.24, 2.45) is 0 Å². The van der Waals surface area contributed by atoms with E-state index in [1.165, 1.54) is 30.5 Å². The highest BCUT2D eigenvalue weighted by Gasteiger charge is 2.19. The Morgan fingerprint density at radius 1 is 1.35 bits per heavy atom. The molecule has 0 aliphatic carbocycles. The zero-order valence-electron chi connectivity index (χ0n) is 9.98. The Hall–Kier alpha value is -1.02. The van der Waals surface area contributed by atoms with Gasteiger partial charge in [-0.15, -0.1) is 0 Å². The lowest BCUT2D eigenvalue weighted by atomic mass is 10.2. The molecule has 1 aromatic carbocycles. The largest absolute Gasteiger partial charge is 0.243 e. The van der Waals surface area contributed by atoms with Crippen molar-refractivity contribution >= 4 is 37.6 Å². The summed E-state index contributed by atoms with van der Waals surface area (Å²) in [4.78, 5) is 3.62. The van der Waals surface area contributed by atoms with Crippen LogP contribution in [0.25, 0.3) is 0 Å². The standard InChI is InChI=1S/C12H9BrClFN2O2S/c13-9-5-11(12(14)16-7-9)20(18,19)17-6-8-2-1-3-10(15)4-8/h1-5,7,17H,6H2. The summed E-state index contributed by atoms with van der Waals surface area (Å²) in [6.07, 6.45) is 1.40. The lowest BCUT2D eigenvalue weighted by molar-refractivity contribution is 0.580. The molecule has 0 saturated heterocycles. The van der Waals surface area contributed by atoms with Crippen LogP contribution in [0.15, 0.2) is 45.9 Å². The molecule has 0 atom stereocenters. The monoisotopic (exact) mass is 378 g/mol. The summed E-state index contributed by atoms with van der Waals surface area (Å²) in [5.74, 6) is -0.427. The fourth-order valence-electron chi connectivity index (χ4n) is 1.50. The van der Waals surface area contributed by atoms with Gasteiger partial charge in [-0.05, 0) is 39.7 Å². The predicted octanol–water partition coefficient (Wildman–Crippen LogP) is 3.12. The van der Waals surface area contributed by atoms with Crippen molar-refractivity contribution in [3.8, 4) is 0 Å². The van der Waals surface area contributed by atoms with Crippen molar-refractivity contribution < 1.29 is 12.8 Å². The normalized spacial score (nSPS) is 11.6. The number of rotatable bonds is 4. The third-order valence-electron chi connectivity index (χ3n) is 2.42. The van der Waals surface area contributed by atoms with Crippen molar-refractivity contribution in [2.75, 3.05) is 0 Å². The first kappa shape index (κ1) is 15.4. The average Bonchev–Trinajstić information content (AvgIpc) is 2.39. The van der Waals surface area contributed by atoms with E-state index in [1.54, 1.807) is 6.07 Å². The number of nitrogens with one attached hydrogen (secondary N) is 1.